The van der Waals surface area contributed by atoms with E-state index >= 15 is 0 Å². The molecule has 0 fully saturated rings. The summed E-state index contributed by atoms with van der Waals surface area (Å²) in [7, 11) is 0. The molecule has 0 unspecified atom stereocenters. The fraction of sp³-hybridized carbons (Fsp3) is 0.222. The molecule has 7 nitrogen and oxygen atoms in total. The molecule has 1 aliphatic heterocycles. The number of ether oxygens (including phenoxy) is 2. The third-order valence-electron chi connectivity index (χ3n) is 3.86. The number of carbonyl (C=O) groups is 2. The average molecular weight is 342 g/mol. The number of hydrogen-bond acceptors (Lipinski definition) is 5. The highest BCUT2D eigenvalue weighted by Crippen LogP contribution is 2.32. The first-order valence-corrected chi connectivity index (χ1v) is 7.84. The highest BCUT2D eigenvalue weighted by molar-refractivity contribution is 5.93. The second-order valence-corrected chi connectivity index (χ2v) is 5.60. The molecule has 25 heavy (non-hydrogen) atoms. The average Bonchev–Trinajstić information content (AvgIpc) is 3.09. The summed E-state index contributed by atoms with van der Waals surface area (Å²) in [4.78, 5) is 23.3. The van der Waals surface area contributed by atoms with E-state index < -0.39 is 5.91 Å². The normalized spacial score (nSPS) is 11.9. The molecule has 130 valence electrons. The number of rotatable bonds is 6. The maximum Gasteiger partial charge on any atom is 0.274 e. The highest BCUT2D eigenvalue weighted by Gasteiger charge is 2.14. The number of nitrogens with one attached hydrogen (secondary N) is 2. The lowest BCUT2D eigenvalue weighted by Crippen LogP contribution is -2.27. The van der Waals surface area contributed by atoms with Crippen LogP contribution < -0.4 is 20.3 Å². The molecular formula is C18H18N2O5. The van der Waals surface area contributed by atoms with E-state index in [9.17, 15) is 9.59 Å². The Balaban J connectivity index is 1.45. The Kier molecular flexibility index (Phi) is 5.15. The minimum Gasteiger partial charge on any atom is -0.454 e. The maximum atomic E-state index is 12.0. The predicted molar refractivity (Wildman–Crippen MR) is 88.7 cm³/mol. The van der Waals surface area contributed by atoms with Crippen molar-refractivity contribution in [2.75, 3.05) is 13.3 Å². The largest absolute Gasteiger partial charge is 0.454 e. The van der Waals surface area contributed by atoms with Crippen LogP contribution in [0.1, 0.15) is 21.5 Å². The van der Waals surface area contributed by atoms with Crippen LogP contribution in [-0.2, 0) is 17.6 Å². The molecule has 2 aromatic rings. The van der Waals surface area contributed by atoms with Gasteiger partial charge in [-0.15, -0.1) is 0 Å². The van der Waals surface area contributed by atoms with Gasteiger partial charge in [0.2, 0.25) is 12.7 Å². The third-order valence-corrected chi connectivity index (χ3v) is 3.86. The van der Waals surface area contributed by atoms with E-state index in [1.807, 2.05) is 12.1 Å². The Hall–Kier alpha value is -3.06. The molecule has 7 heteroatoms. The lowest BCUT2D eigenvalue weighted by molar-refractivity contribution is -0.120. The Bertz CT molecular complexity index is 774. The van der Waals surface area contributed by atoms with Crippen LogP contribution >= 0.6 is 0 Å². The zero-order valence-electron chi connectivity index (χ0n) is 13.5. The van der Waals surface area contributed by atoms with Gasteiger partial charge in [-0.25, -0.2) is 5.48 Å². The number of carbonyl (C=O) groups excluding carboxylic acids is 2. The summed E-state index contributed by atoms with van der Waals surface area (Å²) < 4.78 is 10.5. The maximum absolute atomic E-state index is 12.0. The zero-order valence-corrected chi connectivity index (χ0v) is 13.5. The summed E-state index contributed by atoms with van der Waals surface area (Å²) in [5, 5.41) is 11.4. The molecule has 0 saturated carbocycles. The lowest BCUT2D eigenvalue weighted by atomic mass is 10.1. The minimum atomic E-state index is -0.552. The molecule has 0 aliphatic carbocycles. The first-order valence-electron chi connectivity index (χ1n) is 7.84. The van der Waals surface area contributed by atoms with Gasteiger partial charge in [0.15, 0.2) is 11.5 Å². The summed E-state index contributed by atoms with van der Waals surface area (Å²) >= 11 is 0. The van der Waals surface area contributed by atoms with Gasteiger partial charge < -0.3 is 14.8 Å². The summed E-state index contributed by atoms with van der Waals surface area (Å²) in [6.45, 7) is 0.707. The van der Waals surface area contributed by atoms with E-state index in [2.05, 4.69) is 5.32 Å². The van der Waals surface area contributed by atoms with E-state index in [1.165, 1.54) is 0 Å². The van der Waals surface area contributed by atoms with Gasteiger partial charge in [-0.05, 0) is 41.8 Å². The summed E-state index contributed by atoms with van der Waals surface area (Å²) in [6, 6.07) is 12.3. The van der Waals surface area contributed by atoms with Crippen molar-refractivity contribution in [1.82, 2.24) is 10.8 Å². The second kappa shape index (κ2) is 7.67. The van der Waals surface area contributed by atoms with Gasteiger partial charge >= 0.3 is 0 Å². The van der Waals surface area contributed by atoms with Crippen molar-refractivity contribution in [3.8, 4) is 11.5 Å². The highest BCUT2D eigenvalue weighted by atomic mass is 16.7. The van der Waals surface area contributed by atoms with E-state index in [0.29, 0.717) is 30.0 Å². The first kappa shape index (κ1) is 16.8. The fourth-order valence-corrected chi connectivity index (χ4v) is 2.53. The van der Waals surface area contributed by atoms with Crippen molar-refractivity contribution in [2.24, 2.45) is 0 Å². The molecule has 1 heterocycles. The Morgan fingerprint density at radius 1 is 1.00 bits per heavy atom. The van der Waals surface area contributed by atoms with Gasteiger partial charge in [-0.3, -0.25) is 14.8 Å². The van der Waals surface area contributed by atoms with Gasteiger partial charge in [0.05, 0.1) is 6.42 Å². The number of fused-ring (bicyclic) bond motifs is 1. The molecular weight excluding hydrogens is 324 g/mol. The molecule has 0 saturated heterocycles. The van der Waals surface area contributed by atoms with Crippen LogP contribution in [-0.4, -0.2) is 30.4 Å². The number of amides is 2. The van der Waals surface area contributed by atoms with Crippen molar-refractivity contribution in [3.05, 3.63) is 59.2 Å². The number of benzene rings is 2. The van der Waals surface area contributed by atoms with Gasteiger partial charge in [0.25, 0.3) is 5.91 Å². The number of hydroxylamine groups is 1. The molecule has 2 aromatic carbocycles. The molecule has 1 aliphatic rings. The fourth-order valence-electron chi connectivity index (χ4n) is 2.53. The zero-order chi connectivity index (χ0) is 17.6. The predicted octanol–water partition coefficient (Wildman–Crippen LogP) is 1.44. The third kappa shape index (κ3) is 4.27. The standard InChI is InChI=1S/C18H18N2O5/c21-17(10-13-3-6-15-16(9-13)25-11-24-15)19-8-7-12-1-4-14(5-2-12)18(22)20-23/h1-6,9,23H,7-8,10-11H2,(H,19,21)(H,20,22). The van der Waals surface area contributed by atoms with Crippen LogP contribution in [0.4, 0.5) is 0 Å². The second-order valence-electron chi connectivity index (χ2n) is 5.60. The van der Waals surface area contributed by atoms with E-state index in [0.717, 1.165) is 11.1 Å². The molecule has 0 aromatic heterocycles. The molecule has 0 bridgehead atoms. The first-order chi connectivity index (χ1) is 12.2. The minimum absolute atomic E-state index is 0.0739. The van der Waals surface area contributed by atoms with Crippen LogP contribution in [0, 0.1) is 0 Å². The van der Waals surface area contributed by atoms with Crippen molar-refractivity contribution >= 4 is 11.8 Å². The topological polar surface area (TPSA) is 96.9 Å². The van der Waals surface area contributed by atoms with Crippen molar-refractivity contribution in [2.45, 2.75) is 12.8 Å². The molecule has 3 rings (SSSR count). The number of hydrogen-bond donors (Lipinski definition) is 3. The van der Waals surface area contributed by atoms with Gasteiger partial charge in [-0.2, -0.15) is 0 Å². The molecule has 2 amide bonds. The van der Waals surface area contributed by atoms with Crippen LogP contribution in [0.3, 0.4) is 0 Å². The van der Waals surface area contributed by atoms with Crippen molar-refractivity contribution in [3.63, 3.8) is 0 Å². The molecule has 0 radical (unpaired) electrons. The SMILES string of the molecule is O=C(Cc1ccc2c(c1)OCO2)NCCc1ccc(C(=O)NO)cc1. The van der Waals surface area contributed by atoms with Gasteiger partial charge in [0, 0.05) is 12.1 Å². The summed E-state index contributed by atoms with van der Waals surface area (Å²) in [6.07, 6.45) is 0.917. The van der Waals surface area contributed by atoms with E-state index in [-0.39, 0.29) is 19.1 Å². The Morgan fingerprint density at radius 2 is 1.72 bits per heavy atom. The van der Waals surface area contributed by atoms with Gasteiger partial charge in [0.1, 0.15) is 0 Å². The lowest BCUT2D eigenvalue weighted by Gasteiger charge is -2.07. The Morgan fingerprint density at radius 3 is 2.48 bits per heavy atom. The van der Waals surface area contributed by atoms with E-state index in [4.69, 9.17) is 14.7 Å². The molecule has 0 atom stereocenters. The molecule has 3 N–H and O–H groups in total. The van der Waals surface area contributed by atoms with Crippen LogP contribution in [0.15, 0.2) is 42.5 Å². The van der Waals surface area contributed by atoms with Crippen LogP contribution in [0.5, 0.6) is 11.5 Å². The monoisotopic (exact) mass is 342 g/mol. The van der Waals surface area contributed by atoms with Crippen LogP contribution in [0.2, 0.25) is 0 Å². The van der Waals surface area contributed by atoms with E-state index in [1.54, 1.807) is 35.8 Å². The summed E-state index contributed by atoms with van der Waals surface area (Å²) in [5.41, 5.74) is 3.80. The Labute approximate surface area is 144 Å². The van der Waals surface area contributed by atoms with Crippen molar-refractivity contribution < 1.29 is 24.3 Å². The van der Waals surface area contributed by atoms with Crippen LogP contribution in [0.25, 0.3) is 0 Å². The smallest absolute Gasteiger partial charge is 0.274 e. The molecule has 0 spiro atoms. The summed E-state index contributed by atoms with van der Waals surface area (Å²) in [5.74, 6) is 0.735. The van der Waals surface area contributed by atoms with Gasteiger partial charge in [-0.1, -0.05) is 18.2 Å². The van der Waals surface area contributed by atoms with Crippen molar-refractivity contribution in [1.29, 1.82) is 0 Å². The quantitative estimate of drug-likeness (QED) is 0.545.